The quantitative estimate of drug-likeness (QED) is 0.811. The Morgan fingerprint density at radius 2 is 1.78 bits per heavy atom. The van der Waals surface area contributed by atoms with Crippen LogP contribution in [0.3, 0.4) is 0 Å². The molecule has 0 aliphatic heterocycles. The lowest BCUT2D eigenvalue weighted by Crippen LogP contribution is -2.38. The van der Waals surface area contributed by atoms with Gasteiger partial charge in [0.05, 0.1) is 12.6 Å². The van der Waals surface area contributed by atoms with E-state index in [1.807, 2.05) is 25.1 Å². The molecule has 0 heterocycles. The van der Waals surface area contributed by atoms with E-state index in [0.717, 1.165) is 10.0 Å². The van der Waals surface area contributed by atoms with Gasteiger partial charge in [0.1, 0.15) is 0 Å². The maximum atomic E-state index is 12.0. The summed E-state index contributed by atoms with van der Waals surface area (Å²) in [4.78, 5) is 23.9. The number of carbonyl (C=O) groups is 2. The lowest BCUT2D eigenvalue weighted by molar-refractivity contribution is -0.120. The smallest absolute Gasteiger partial charge is 0.251 e. The second kappa shape index (κ2) is 8.13. The number of nitrogens with one attached hydrogen (secondary N) is 2. The fourth-order valence-electron chi connectivity index (χ4n) is 2.06. The Morgan fingerprint density at radius 1 is 1.13 bits per heavy atom. The van der Waals surface area contributed by atoms with Crippen LogP contribution in [-0.4, -0.2) is 18.4 Å². The van der Waals surface area contributed by atoms with Crippen LogP contribution >= 0.6 is 27.5 Å². The average molecular weight is 396 g/mol. The van der Waals surface area contributed by atoms with Gasteiger partial charge in [-0.3, -0.25) is 9.59 Å². The van der Waals surface area contributed by atoms with Gasteiger partial charge in [0.25, 0.3) is 5.91 Å². The molecule has 0 saturated heterocycles. The summed E-state index contributed by atoms with van der Waals surface area (Å²) in [5.74, 6) is -0.569. The fraction of sp³-hybridized carbons (Fsp3) is 0.176. The minimum atomic E-state index is -0.293. The van der Waals surface area contributed by atoms with E-state index in [0.29, 0.717) is 10.6 Å². The molecule has 4 nitrogen and oxygen atoms in total. The van der Waals surface area contributed by atoms with E-state index in [4.69, 9.17) is 11.6 Å². The van der Waals surface area contributed by atoms with Crippen molar-refractivity contribution in [1.82, 2.24) is 10.6 Å². The molecule has 2 aromatic carbocycles. The zero-order valence-electron chi connectivity index (χ0n) is 12.5. The van der Waals surface area contributed by atoms with Crippen molar-refractivity contribution < 1.29 is 9.59 Å². The van der Waals surface area contributed by atoms with Gasteiger partial charge in [-0.2, -0.15) is 0 Å². The van der Waals surface area contributed by atoms with Crippen LogP contribution < -0.4 is 10.6 Å². The highest BCUT2D eigenvalue weighted by Crippen LogP contribution is 2.21. The van der Waals surface area contributed by atoms with Gasteiger partial charge in [-0.25, -0.2) is 0 Å². The number of rotatable bonds is 5. The number of halogens is 2. The predicted molar refractivity (Wildman–Crippen MR) is 94.5 cm³/mol. The molecule has 2 rings (SSSR count). The van der Waals surface area contributed by atoms with Gasteiger partial charge in [-0.15, -0.1) is 0 Å². The lowest BCUT2D eigenvalue weighted by atomic mass is 10.1. The second-order valence-corrected chi connectivity index (χ2v) is 6.32. The van der Waals surface area contributed by atoms with Gasteiger partial charge in [0.2, 0.25) is 5.91 Å². The van der Waals surface area contributed by atoms with Gasteiger partial charge in [0.15, 0.2) is 0 Å². The topological polar surface area (TPSA) is 58.2 Å². The Labute approximate surface area is 148 Å². The van der Waals surface area contributed by atoms with Crippen LogP contribution in [-0.2, 0) is 4.79 Å². The van der Waals surface area contributed by atoms with Crippen LogP contribution in [0.1, 0.15) is 28.9 Å². The minimum Gasteiger partial charge on any atom is -0.348 e. The first-order valence-electron chi connectivity index (χ1n) is 7.05. The second-order valence-electron chi connectivity index (χ2n) is 5.00. The van der Waals surface area contributed by atoms with Crippen molar-refractivity contribution in [2.24, 2.45) is 0 Å². The van der Waals surface area contributed by atoms with Crippen LogP contribution in [0.4, 0.5) is 0 Å². The fourth-order valence-corrected chi connectivity index (χ4v) is 2.62. The Morgan fingerprint density at radius 3 is 2.43 bits per heavy atom. The molecule has 0 radical (unpaired) electrons. The van der Waals surface area contributed by atoms with Gasteiger partial charge in [0, 0.05) is 15.1 Å². The van der Waals surface area contributed by atoms with Crippen molar-refractivity contribution in [2.45, 2.75) is 13.0 Å². The van der Waals surface area contributed by atoms with Crippen LogP contribution in [0.25, 0.3) is 0 Å². The molecule has 23 heavy (non-hydrogen) atoms. The number of carbonyl (C=O) groups excluding carboxylic acids is 2. The Bertz CT molecular complexity index is 704. The van der Waals surface area contributed by atoms with Crippen LogP contribution in [0, 0.1) is 0 Å². The van der Waals surface area contributed by atoms with Crippen molar-refractivity contribution in [2.75, 3.05) is 6.54 Å². The summed E-state index contributed by atoms with van der Waals surface area (Å²) >= 11 is 9.40. The first-order chi connectivity index (χ1) is 11.0. The summed E-state index contributed by atoms with van der Waals surface area (Å²) in [6.45, 7) is 1.75. The summed E-state index contributed by atoms with van der Waals surface area (Å²) in [5, 5.41) is 5.99. The number of benzene rings is 2. The normalized spacial score (nSPS) is 11.6. The number of hydrogen-bond acceptors (Lipinski definition) is 2. The highest BCUT2D eigenvalue weighted by atomic mass is 79.9. The molecule has 0 spiro atoms. The highest BCUT2D eigenvalue weighted by molar-refractivity contribution is 9.10. The van der Waals surface area contributed by atoms with Crippen molar-refractivity contribution in [3.05, 3.63) is 69.2 Å². The van der Waals surface area contributed by atoms with Gasteiger partial charge in [-0.1, -0.05) is 45.7 Å². The molecule has 120 valence electrons. The van der Waals surface area contributed by atoms with E-state index in [1.165, 1.54) is 0 Å². The molecule has 2 amide bonds. The summed E-state index contributed by atoms with van der Waals surface area (Å²) in [6, 6.07) is 14.0. The zero-order chi connectivity index (χ0) is 16.8. The van der Waals surface area contributed by atoms with Crippen molar-refractivity contribution >= 4 is 39.3 Å². The molecule has 0 aromatic heterocycles. The average Bonchev–Trinajstić information content (AvgIpc) is 2.53. The summed E-state index contributed by atoms with van der Waals surface area (Å²) in [6.07, 6.45) is 0. The largest absolute Gasteiger partial charge is 0.348 e. The lowest BCUT2D eigenvalue weighted by Gasteiger charge is -2.16. The third kappa shape index (κ3) is 5.08. The molecular formula is C17H16BrClN2O2. The molecule has 6 heteroatoms. The number of amides is 2. The van der Waals surface area contributed by atoms with Gasteiger partial charge < -0.3 is 10.6 Å². The highest BCUT2D eigenvalue weighted by Gasteiger charge is 2.13. The van der Waals surface area contributed by atoms with E-state index < -0.39 is 0 Å². The maximum Gasteiger partial charge on any atom is 0.251 e. The molecule has 2 N–H and O–H groups in total. The molecule has 1 atom stereocenters. The standard InChI is InChI=1S/C17H16BrClN2O2/c1-11(14-4-2-3-5-15(14)19)21-16(22)10-20-17(23)12-6-8-13(18)9-7-12/h2-9,11H,10H2,1H3,(H,20,23)(H,21,22). The third-order valence-corrected chi connectivity index (χ3v) is 4.14. The van der Waals surface area contributed by atoms with Crippen molar-refractivity contribution in [3.63, 3.8) is 0 Å². The summed E-state index contributed by atoms with van der Waals surface area (Å²) in [5.41, 5.74) is 1.34. The molecule has 0 bridgehead atoms. The monoisotopic (exact) mass is 394 g/mol. The Kier molecular flexibility index (Phi) is 6.19. The molecular weight excluding hydrogens is 380 g/mol. The first kappa shape index (κ1) is 17.5. The summed E-state index contributed by atoms with van der Waals surface area (Å²) in [7, 11) is 0. The Hall–Kier alpha value is -1.85. The molecule has 2 aromatic rings. The molecule has 0 fully saturated rings. The minimum absolute atomic E-state index is 0.0936. The molecule has 0 aliphatic carbocycles. The van der Waals surface area contributed by atoms with Gasteiger partial charge >= 0.3 is 0 Å². The van der Waals surface area contributed by atoms with E-state index >= 15 is 0 Å². The first-order valence-corrected chi connectivity index (χ1v) is 8.22. The van der Waals surface area contributed by atoms with Gasteiger partial charge in [-0.05, 0) is 42.8 Å². The maximum absolute atomic E-state index is 12.0. The third-order valence-electron chi connectivity index (χ3n) is 3.27. The molecule has 1 unspecified atom stereocenters. The van der Waals surface area contributed by atoms with E-state index in [1.54, 1.807) is 30.3 Å². The van der Waals surface area contributed by atoms with E-state index in [9.17, 15) is 9.59 Å². The SMILES string of the molecule is CC(NC(=O)CNC(=O)c1ccc(Br)cc1)c1ccccc1Cl. The van der Waals surface area contributed by atoms with E-state index in [-0.39, 0.29) is 24.4 Å². The van der Waals surface area contributed by atoms with Crippen LogP contribution in [0.15, 0.2) is 53.0 Å². The zero-order valence-corrected chi connectivity index (χ0v) is 14.8. The van der Waals surface area contributed by atoms with Crippen molar-refractivity contribution in [1.29, 1.82) is 0 Å². The van der Waals surface area contributed by atoms with E-state index in [2.05, 4.69) is 26.6 Å². The van der Waals surface area contributed by atoms with Crippen LogP contribution in [0.2, 0.25) is 5.02 Å². The molecule has 0 aliphatic rings. The van der Waals surface area contributed by atoms with Crippen LogP contribution in [0.5, 0.6) is 0 Å². The predicted octanol–water partition coefficient (Wildman–Crippen LogP) is 3.71. The summed E-state index contributed by atoms with van der Waals surface area (Å²) < 4.78 is 0.889. The molecule has 0 saturated carbocycles. The Balaban J connectivity index is 1.86. The van der Waals surface area contributed by atoms with Crippen molar-refractivity contribution in [3.8, 4) is 0 Å². The number of hydrogen-bond donors (Lipinski definition) is 2.